The molecular weight excluding hydrogens is 440 g/mol. The monoisotopic (exact) mass is 464 g/mol. The molecule has 0 spiro atoms. The van der Waals surface area contributed by atoms with Gasteiger partial charge in [-0.25, -0.2) is 9.97 Å². The number of fused-ring (bicyclic) bond motifs is 1. The third-order valence-corrected chi connectivity index (χ3v) is 5.77. The van der Waals surface area contributed by atoms with Crippen LogP contribution in [0.1, 0.15) is 28.5 Å². The van der Waals surface area contributed by atoms with Crippen molar-refractivity contribution in [3.8, 4) is 23.0 Å². The first kappa shape index (κ1) is 22.3. The Balaban J connectivity index is 1.39. The zero-order chi connectivity index (χ0) is 24.2. The number of benzene rings is 1. The number of anilines is 1. The smallest absolute Gasteiger partial charge is 0.253 e. The minimum Gasteiger partial charge on any atom is -0.336 e. The zero-order valence-electron chi connectivity index (χ0n) is 19.3. The van der Waals surface area contributed by atoms with Crippen molar-refractivity contribution >= 4 is 23.3 Å². The Hall–Kier alpha value is -4.48. The van der Waals surface area contributed by atoms with Gasteiger partial charge < -0.3 is 15.5 Å². The summed E-state index contributed by atoms with van der Waals surface area (Å²) in [6, 6.07) is 15.2. The van der Waals surface area contributed by atoms with E-state index >= 15 is 0 Å². The molecule has 0 aliphatic carbocycles. The summed E-state index contributed by atoms with van der Waals surface area (Å²) in [5.41, 5.74) is 4.96. The molecule has 2 N–H and O–H groups in total. The molecular formula is C27H24N6O2. The number of aromatic nitrogens is 3. The van der Waals surface area contributed by atoms with Gasteiger partial charge >= 0.3 is 0 Å². The number of hydrogen-bond acceptors (Lipinski definition) is 5. The number of carbonyl (C=O) groups excluding carboxylic acids is 2. The fourth-order valence-electron chi connectivity index (χ4n) is 3.99. The van der Waals surface area contributed by atoms with E-state index in [2.05, 4.69) is 32.4 Å². The normalized spacial score (nSPS) is 13.2. The molecule has 4 heterocycles. The van der Waals surface area contributed by atoms with Crippen molar-refractivity contribution < 1.29 is 9.59 Å². The van der Waals surface area contributed by atoms with Crippen molar-refractivity contribution in [3.05, 3.63) is 83.9 Å². The van der Waals surface area contributed by atoms with Crippen LogP contribution < -0.4 is 10.6 Å². The largest absolute Gasteiger partial charge is 0.336 e. The first-order chi connectivity index (χ1) is 17.1. The number of pyridine rings is 2. The molecule has 2 amide bonds. The van der Waals surface area contributed by atoms with Crippen molar-refractivity contribution in [3.63, 3.8) is 0 Å². The van der Waals surface area contributed by atoms with Gasteiger partial charge in [0, 0.05) is 56.6 Å². The number of amides is 2. The molecule has 174 valence electrons. The molecule has 1 aliphatic heterocycles. The molecule has 0 unspecified atom stereocenters. The maximum absolute atomic E-state index is 12.7. The number of hydrogen-bond donors (Lipinski definition) is 2. The summed E-state index contributed by atoms with van der Waals surface area (Å²) >= 11 is 0. The van der Waals surface area contributed by atoms with Crippen LogP contribution in [-0.2, 0) is 4.79 Å². The highest BCUT2D eigenvalue weighted by atomic mass is 16.2. The van der Waals surface area contributed by atoms with Crippen LogP contribution in [0.2, 0.25) is 0 Å². The molecule has 1 fully saturated rings. The fourth-order valence-corrected chi connectivity index (χ4v) is 3.99. The highest BCUT2D eigenvalue weighted by Crippen LogP contribution is 2.22. The standard InChI is InChI=1S/C27H24N6O2/c1-19(34)31-25-16-20(10-11-29-25)2-8-24-17-30-26-9-7-23(18-33(24)26)21-3-5-22(6-4-21)27(35)32-14-12-28-13-15-32/h3-7,9-11,16-18,28H,12-15H2,1H3,(H,29,31,34). The minimum absolute atomic E-state index is 0.0680. The highest BCUT2D eigenvalue weighted by molar-refractivity contribution is 5.94. The molecule has 3 aromatic heterocycles. The van der Waals surface area contributed by atoms with E-state index in [4.69, 9.17) is 0 Å². The van der Waals surface area contributed by atoms with Gasteiger partial charge in [-0.2, -0.15) is 0 Å². The van der Waals surface area contributed by atoms with Gasteiger partial charge in [-0.05, 0) is 53.4 Å². The lowest BCUT2D eigenvalue weighted by atomic mass is 10.0. The van der Waals surface area contributed by atoms with Gasteiger partial charge in [0.2, 0.25) is 5.91 Å². The number of rotatable bonds is 3. The van der Waals surface area contributed by atoms with Gasteiger partial charge in [0.25, 0.3) is 5.91 Å². The number of nitrogens with one attached hydrogen (secondary N) is 2. The molecule has 8 nitrogen and oxygen atoms in total. The van der Waals surface area contributed by atoms with Crippen LogP contribution in [0.3, 0.4) is 0 Å². The summed E-state index contributed by atoms with van der Waals surface area (Å²) in [6.07, 6.45) is 5.34. The molecule has 1 aliphatic rings. The Morgan fingerprint density at radius 2 is 1.74 bits per heavy atom. The molecule has 0 bridgehead atoms. The summed E-state index contributed by atoms with van der Waals surface area (Å²) in [4.78, 5) is 34.5. The Labute approximate surface area is 203 Å². The van der Waals surface area contributed by atoms with Crippen LogP contribution in [0.25, 0.3) is 16.8 Å². The van der Waals surface area contributed by atoms with Gasteiger partial charge in [0.1, 0.15) is 17.2 Å². The average molecular weight is 465 g/mol. The molecule has 1 aromatic carbocycles. The fraction of sp³-hybridized carbons (Fsp3) is 0.185. The van der Waals surface area contributed by atoms with Gasteiger partial charge in [0.05, 0.1) is 6.20 Å². The third kappa shape index (κ3) is 5.05. The lowest BCUT2D eigenvalue weighted by Gasteiger charge is -2.27. The van der Waals surface area contributed by atoms with Gasteiger partial charge in [-0.3, -0.25) is 14.0 Å². The zero-order valence-corrected chi connectivity index (χ0v) is 19.3. The summed E-state index contributed by atoms with van der Waals surface area (Å²) < 4.78 is 1.94. The molecule has 35 heavy (non-hydrogen) atoms. The van der Waals surface area contributed by atoms with Crippen LogP contribution in [0.4, 0.5) is 5.82 Å². The summed E-state index contributed by atoms with van der Waals surface area (Å²) in [7, 11) is 0. The maximum Gasteiger partial charge on any atom is 0.253 e. The molecule has 5 rings (SSSR count). The highest BCUT2D eigenvalue weighted by Gasteiger charge is 2.17. The van der Waals surface area contributed by atoms with Crippen LogP contribution >= 0.6 is 0 Å². The van der Waals surface area contributed by atoms with Crippen LogP contribution in [0.5, 0.6) is 0 Å². The Morgan fingerprint density at radius 3 is 2.51 bits per heavy atom. The first-order valence-corrected chi connectivity index (χ1v) is 11.4. The predicted molar refractivity (Wildman–Crippen MR) is 134 cm³/mol. The van der Waals surface area contributed by atoms with Crippen LogP contribution in [0, 0.1) is 11.8 Å². The second kappa shape index (κ2) is 9.79. The van der Waals surface area contributed by atoms with E-state index in [1.807, 2.05) is 51.9 Å². The number of nitrogens with zero attached hydrogens (tertiary/aromatic N) is 4. The summed E-state index contributed by atoms with van der Waals surface area (Å²) in [5.74, 6) is 6.62. The predicted octanol–water partition coefficient (Wildman–Crippen LogP) is 2.80. The van der Waals surface area contributed by atoms with E-state index < -0.39 is 0 Å². The minimum atomic E-state index is -0.182. The van der Waals surface area contributed by atoms with Gasteiger partial charge in [-0.15, -0.1) is 0 Å². The lowest BCUT2D eigenvalue weighted by Crippen LogP contribution is -2.46. The first-order valence-electron chi connectivity index (χ1n) is 11.4. The SMILES string of the molecule is CC(=O)Nc1cc(C#Cc2cnc3ccc(-c4ccc(C(=O)N5CCNCC5)cc4)cn23)ccn1. The molecule has 0 saturated carbocycles. The van der Waals surface area contributed by atoms with E-state index in [0.29, 0.717) is 11.4 Å². The van der Waals surface area contributed by atoms with Crippen molar-refractivity contribution in [1.82, 2.24) is 24.6 Å². The van der Waals surface area contributed by atoms with E-state index in [-0.39, 0.29) is 11.8 Å². The third-order valence-electron chi connectivity index (χ3n) is 5.77. The molecule has 0 atom stereocenters. The van der Waals surface area contributed by atoms with Crippen molar-refractivity contribution in [2.75, 3.05) is 31.5 Å². The second-order valence-electron chi connectivity index (χ2n) is 8.27. The van der Waals surface area contributed by atoms with Crippen LogP contribution in [-0.4, -0.2) is 57.3 Å². The van der Waals surface area contributed by atoms with Crippen molar-refractivity contribution in [2.45, 2.75) is 6.92 Å². The average Bonchev–Trinajstić information content (AvgIpc) is 3.30. The number of imidazole rings is 1. The van der Waals surface area contributed by atoms with Crippen LogP contribution in [0.15, 0.2) is 67.1 Å². The van der Waals surface area contributed by atoms with Crippen molar-refractivity contribution in [1.29, 1.82) is 0 Å². The Bertz CT molecular complexity index is 1460. The van der Waals surface area contributed by atoms with Gasteiger partial charge in [-0.1, -0.05) is 18.1 Å². The molecule has 1 saturated heterocycles. The van der Waals surface area contributed by atoms with E-state index in [9.17, 15) is 9.59 Å². The summed E-state index contributed by atoms with van der Waals surface area (Å²) in [6.45, 7) is 4.56. The van der Waals surface area contributed by atoms with Crippen molar-refractivity contribution in [2.24, 2.45) is 0 Å². The Kier molecular flexibility index (Phi) is 6.24. The number of piperazine rings is 1. The summed E-state index contributed by atoms with van der Waals surface area (Å²) in [5, 5.41) is 5.93. The van der Waals surface area contributed by atoms with Gasteiger partial charge in [0.15, 0.2) is 0 Å². The molecule has 0 radical (unpaired) electrons. The lowest BCUT2D eigenvalue weighted by molar-refractivity contribution is -0.114. The van der Waals surface area contributed by atoms with E-state index in [1.165, 1.54) is 6.92 Å². The molecule has 4 aromatic rings. The Morgan fingerprint density at radius 1 is 0.971 bits per heavy atom. The topological polar surface area (TPSA) is 91.6 Å². The number of carbonyl (C=O) groups is 2. The quantitative estimate of drug-likeness (QED) is 0.455. The van der Waals surface area contributed by atoms with E-state index in [0.717, 1.165) is 54.2 Å². The van der Waals surface area contributed by atoms with E-state index in [1.54, 1.807) is 24.5 Å². The second-order valence-corrected chi connectivity index (χ2v) is 8.27. The molecule has 8 heteroatoms. The maximum atomic E-state index is 12.7.